The lowest BCUT2D eigenvalue weighted by Crippen LogP contribution is -2.41. The third kappa shape index (κ3) is 3.48. The van der Waals surface area contributed by atoms with Crippen LogP contribution in [0.1, 0.15) is 17.5 Å². The fourth-order valence-corrected chi connectivity index (χ4v) is 3.94. The van der Waals surface area contributed by atoms with Gasteiger partial charge in [0.05, 0.1) is 19.4 Å². The summed E-state index contributed by atoms with van der Waals surface area (Å²) in [6.07, 6.45) is -0.125. The molecule has 1 fully saturated rings. The highest BCUT2D eigenvalue weighted by Crippen LogP contribution is 2.22. The molecule has 114 valence electrons. The maximum Gasteiger partial charge on any atom is 0.324 e. The Labute approximate surface area is 123 Å². The number of nitrogens with zero attached hydrogens (tertiary/aromatic N) is 1. The minimum Gasteiger partial charge on any atom is -0.468 e. The molecule has 21 heavy (non-hydrogen) atoms. The number of hydrogen-bond donors (Lipinski definition) is 0. The van der Waals surface area contributed by atoms with Crippen LogP contribution in [0.25, 0.3) is 0 Å². The van der Waals surface area contributed by atoms with Crippen molar-refractivity contribution in [3.8, 4) is 0 Å². The number of esters is 1. The van der Waals surface area contributed by atoms with Crippen molar-refractivity contribution in [2.45, 2.75) is 25.1 Å². The predicted molar refractivity (Wildman–Crippen MR) is 75.9 cm³/mol. The van der Waals surface area contributed by atoms with E-state index in [1.165, 1.54) is 7.11 Å². The quantitative estimate of drug-likeness (QED) is 0.762. The summed E-state index contributed by atoms with van der Waals surface area (Å²) in [5.74, 6) is -1.22. The van der Waals surface area contributed by atoms with Gasteiger partial charge in [-0.15, -0.1) is 0 Å². The lowest BCUT2D eigenvalue weighted by atomic mass is 10.2. The largest absolute Gasteiger partial charge is 0.468 e. The van der Waals surface area contributed by atoms with Crippen molar-refractivity contribution >= 4 is 21.8 Å². The summed E-state index contributed by atoms with van der Waals surface area (Å²) in [7, 11) is -2.57. The number of benzene rings is 1. The molecule has 0 radical (unpaired) electrons. The van der Waals surface area contributed by atoms with Gasteiger partial charge in [-0.1, -0.05) is 29.8 Å². The molecule has 1 aliphatic rings. The fraction of sp³-hybridized carbons (Fsp3) is 0.429. The SMILES string of the molecule is COC(=O)C1CC(=O)CN1S(=O)(=O)Cc1ccc(C)cc1. The molecule has 6 nitrogen and oxygen atoms in total. The molecular weight excluding hydrogens is 294 g/mol. The average molecular weight is 311 g/mol. The Bertz CT molecular complexity index is 650. The van der Waals surface area contributed by atoms with Crippen LogP contribution in [0.4, 0.5) is 0 Å². The van der Waals surface area contributed by atoms with Crippen molar-refractivity contribution in [1.29, 1.82) is 0 Å². The maximum atomic E-state index is 12.4. The number of hydrogen-bond acceptors (Lipinski definition) is 5. The molecule has 0 spiro atoms. The number of carbonyl (C=O) groups excluding carboxylic acids is 2. The number of rotatable bonds is 4. The van der Waals surface area contributed by atoms with Crippen molar-refractivity contribution < 1.29 is 22.7 Å². The highest BCUT2D eigenvalue weighted by molar-refractivity contribution is 7.88. The van der Waals surface area contributed by atoms with E-state index in [-0.39, 0.29) is 24.5 Å². The molecule has 0 bridgehead atoms. The molecule has 1 atom stereocenters. The van der Waals surface area contributed by atoms with Crippen molar-refractivity contribution in [3.05, 3.63) is 35.4 Å². The Morgan fingerprint density at radius 2 is 1.95 bits per heavy atom. The summed E-state index contributed by atoms with van der Waals surface area (Å²) >= 11 is 0. The van der Waals surface area contributed by atoms with Crippen LogP contribution in [0.5, 0.6) is 0 Å². The van der Waals surface area contributed by atoms with E-state index in [9.17, 15) is 18.0 Å². The molecule has 1 saturated heterocycles. The first kappa shape index (κ1) is 15.7. The average Bonchev–Trinajstić information content (AvgIpc) is 2.83. The Balaban J connectivity index is 2.23. The van der Waals surface area contributed by atoms with Gasteiger partial charge >= 0.3 is 5.97 Å². The number of ketones is 1. The van der Waals surface area contributed by atoms with Gasteiger partial charge in [0, 0.05) is 6.42 Å². The summed E-state index contributed by atoms with van der Waals surface area (Å²) in [4.78, 5) is 23.1. The lowest BCUT2D eigenvalue weighted by Gasteiger charge is -2.21. The Morgan fingerprint density at radius 3 is 2.52 bits per heavy atom. The van der Waals surface area contributed by atoms with Gasteiger partial charge in [-0.2, -0.15) is 4.31 Å². The zero-order valence-electron chi connectivity index (χ0n) is 11.9. The first-order valence-corrected chi connectivity index (χ1v) is 8.09. The third-order valence-electron chi connectivity index (χ3n) is 3.40. The van der Waals surface area contributed by atoms with E-state index in [1.807, 2.05) is 19.1 Å². The van der Waals surface area contributed by atoms with Crippen LogP contribution in [-0.2, 0) is 30.1 Å². The van der Waals surface area contributed by atoms with Crippen LogP contribution < -0.4 is 0 Å². The van der Waals surface area contributed by atoms with Crippen LogP contribution in [0, 0.1) is 6.92 Å². The van der Waals surface area contributed by atoms with Crippen molar-refractivity contribution in [1.82, 2.24) is 4.31 Å². The zero-order chi connectivity index (χ0) is 15.6. The van der Waals surface area contributed by atoms with Gasteiger partial charge in [-0.05, 0) is 12.5 Å². The molecule has 1 aliphatic heterocycles. The number of aryl methyl sites for hydroxylation is 1. The molecule has 1 aromatic carbocycles. The Morgan fingerprint density at radius 1 is 1.33 bits per heavy atom. The van der Waals surface area contributed by atoms with E-state index in [0.717, 1.165) is 9.87 Å². The van der Waals surface area contributed by atoms with Crippen molar-refractivity contribution in [3.63, 3.8) is 0 Å². The zero-order valence-corrected chi connectivity index (χ0v) is 12.7. The summed E-state index contributed by atoms with van der Waals surface area (Å²) in [5, 5.41) is 0. The standard InChI is InChI=1S/C14H17NO5S/c1-10-3-5-11(6-4-10)9-21(18,19)15-8-12(16)7-13(15)14(17)20-2/h3-6,13H,7-9H2,1-2H3. The highest BCUT2D eigenvalue weighted by atomic mass is 32.2. The molecule has 0 aromatic heterocycles. The smallest absolute Gasteiger partial charge is 0.324 e. The summed E-state index contributed by atoms with van der Waals surface area (Å²) in [6, 6.07) is 6.03. The highest BCUT2D eigenvalue weighted by Gasteiger charge is 2.43. The van der Waals surface area contributed by atoms with Gasteiger partial charge in [-0.3, -0.25) is 9.59 Å². The van der Waals surface area contributed by atoms with E-state index in [0.29, 0.717) is 5.56 Å². The van der Waals surface area contributed by atoms with Crippen molar-refractivity contribution in [2.24, 2.45) is 0 Å². The van der Waals surface area contributed by atoms with Gasteiger partial charge in [0.1, 0.15) is 11.8 Å². The van der Waals surface area contributed by atoms with Crippen molar-refractivity contribution in [2.75, 3.05) is 13.7 Å². The molecule has 1 unspecified atom stereocenters. The molecule has 7 heteroatoms. The second-order valence-corrected chi connectivity index (χ2v) is 6.99. The molecule has 1 aromatic rings. The number of Topliss-reactive ketones (excluding diaryl/α,β-unsaturated/α-hetero) is 1. The first-order valence-electron chi connectivity index (χ1n) is 6.48. The summed E-state index contributed by atoms with van der Waals surface area (Å²) in [6.45, 7) is 1.64. The van der Waals surface area contributed by atoms with Crippen LogP contribution >= 0.6 is 0 Å². The van der Waals surface area contributed by atoms with E-state index in [1.54, 1.807) is 12.1 Å². The minimum atomic E-state index is -3.75. The number of ether oxygens (including phenoxy) is 1. The second-order valence-electron chi connectivity index (χ2n) is 5.07. The monoisotopic (exact) mass is 311 g/mol. The van der Waals surface area contributed by atoms with Gasteiger partial charge in [0.2, 0.25) is 10.0 Å². The number of sulfonamides is 1. The van der Waals surface area contributed by atoms with Gasteiger partial charge in [0.25, 0.3) is 0 Å². The molecule has 0 saturated carbocycles. The lowest BCUT2D eigenvalue weighted by molar-refractivity contribution is -0.144. The summed E-state index contributed by atoms with van der Waals surface area (Å²) < 4.78 is 30.4. The van der Waals surface area contributed by atoms with Crippen LogP contribution in [0.15, 0.2) is 24.3 Å². The van der Waals surface area contributed by atoms with E-state index in [2.05, 4.69) is 4.74 Å². The minimum absolute atomic E-state index is 0.125. The molecule has 1 heterocycles. The van der Waals surface area contributed by atoms with Crippen LogP contribution in [0.2, 0.25) is 0 Å². The fourth-order valence-electron chi connectivity index (χ4n) is 2.27. The van der Waals surface area contributed by atoms with Crippen LogP contribution in [-0.4, -0.2) is 44.2 Å². The molecular formula is C14H17NO5S. The normalized spacial score (nSPS) is 19.7. The topological polar surface area (TPSA) is 80.8 Å². The second kappa shape index (κ2) is 5.95. The Hall–Kier alpha value is -1.73. The van der Waals surface area contributed by atoms with E-state index < -0.39 is 22.0 Å². The third-order valence-corrected chi connectivity index (χ3v) is 5.20. The molecule has 0 aliphatic carbocycles. The van der Waals surface area contributed by atoms with Gasteiger partial charge < -0.3 is 4.74 Å². The maximum absolute atomic E-state index is 12.4. The number of methoxy groups -OCH3 is 1. The van der Waals surface area contributed by atoms with Gasteiger partial charge in [0.15, 0.2) is 0 Å². The predicted octanol–water partition coefficient (Wildman–Crippen LogP) is 0.641. The molecule has 2 rings (SSSR count). The molecule has 0 amide bonds. The van der Waals surface area contributed by atoms with E-state index >= 15 is 0 Å². The first-order chi connectivity index (χ1) is 9.83. The van der Waals surface area contributed by atoms with Gasteiger partial charge in [-0.25, -0.2) is 8.42 Å². The van der Waals surface area contributed by atoms with E-state index in [4.69, 9.17) is 0 Å². The Kier molecular flexibility index (Phi) is 4.43. The number of carbonyl (C=O) groups is 2. The molecule has 0 N–H and O–H groups in total. The summed E-state index contributed by atoms with van der Waals surface area (Å²) in [5.41, 5.74) is 1.64. The van der Waals surface area contributed by atoms with Crippen LogP contribution in [0.3, 0.4) is 0 Å².